The van der Waals surface area contributed by atoms with Crippen LogP contribution in [0.4, 0.5) is 11.4 Å². The average Bonchev–Trinajstić information content (AvgIpc) is 2.78. The van der Waals surface area contributed by atoms with Gasteiger partial charge >= 0.3 is 0 Å². The Morgan fingerprint density at radius 1 is 1.50 bits per heavy atom. The molecule has 2 aromatic rings. The molecule has 6 nitrogen and oxygen atoms in total. The summed E-state index contributed by atoms with van der Waals surface area (Å²) >= 11 is 0. The number of aryl methyl sites for hydroxylation is 1. The maximum Gasteiger partial charge on any atom is 0.293 e. The van der Waals surface area contributed by atoms with E-state index in [4.69, 9.17) is 14.9 Å². The molecule has 94 valence electrons. The quantitative estimate of drug-likeness (QED) is 0.807. The molecule has 18 heavy (non-hydrogen) atoms. The topological polar surface area (TPSA) is 90.4 Å². The van der Waals surface area contributed by atoms with Crippen LogP contribution in [0, 0.1) is 6.92 Å². The first-order valence-corrected chi connectivity index (χ1v) is 5.26. The molecule has 1 heterocycles. The number of ether oxygens (including phenoxy) is 1. The standard InChI is InChI=1S/C12H13N3O3/c1-7-11(18-6-14-7)12(16)15-10-4-3-8(17-2)5-9(10)13/h3-6H,13H2,1-2H3,(H,15,16). The lowest BCUT2D eigenvalue weighted by Crippen LogP contribution is -2.13. The van der Waals surface area contributed by atoms with Gasteiger partial charge in [-0.05, 0) is 19.1 Å². The van der Waals surface area contributed by atoms with Gasteiger partial charge in [0.2, 0.25) is 5.76 Å². The highest BCUT2D eigenvalue weighted by molar-refractivity contribution is 6.04. The Balaban J connectivity index is 2.20. The zero-order valence-electron chi connectivity index (χ0n) is 10.1. The lowest BCUT2D eigenvalue weighted by molar-refractivity contribution is 0.0996. The predicted molar refractivity (Wildman–Crippen MR) is 66.6 cm³/mol. The number of carbonyl (C=O) groups is 1. The highest BCUT2D eigenvalue weighted by atomic mass is 16.5. The van der Waals surface area contributed by atoms with Gasteiger partial charge in [0.1, 0.15) is 5.75 Å². The van der Waals surface area contributed by atoms with Gasteiger partial charge in [0.05, 0.1) is 24.2 Å². The monoisotopic (exact) mass is 247 g/mol. The Bertz CT molecular complexity index is 578. The van der Waals surface area contributed by atoms with Gasteiger partial charge in [0.15, 0.2) is 6.39 Å². The number of methoxy groups -OCH3 is 1. The molecule has 0 saturated carbocycles. The number of carbonyl (C=O) groups excluding carboxylic acids is 1. The number of rotatable bonds is 3. The van der Waals surface area contributed by atoms with Gasteiger partial charge in [-0.15, -0.1) is 0 Å². The molecule has 0 unspecified atom stereocenters. The smallest absolute Gasteiger partial charge is 0.293 e. The van der Waals surface area contributed by atoms with E-state index in [9.17, 15) is 4.79 Å². The van der Waals surface area contributed by atoms with Crippen molar-refractivity contribution in [3.63, 3.8) is 0 Å². The first-order chi connectivity index (χ1) is 8.61. The van der Waals surface area contributed by atoms with Gasteiger partial charge in [-0.25, -0.2) is 4.98 Å². The molecule has 1 aromatic heterocycles. The molecule has 1 amide bonds. The first kappa shape index (κ1) is 12.0. The van der Waals surface area contributed by atoms with E-state index in [2.05, 4.69) is 10.3 Å². The summed E-state index contributed by atoms with van der Waals surface area (Å²) in [6, 6.07) is 5.00. The second-order valence-electron chi connectivity index (χ2n) is 3.67. The van der Waals surface area contributed by atoms with Crippen molar-refractivity contribution in [2.24, 2.45) is 0 Å². The minimum absolute atomic E-state index is 0.171. The molecule has 0 fully saturated rings. The van der Waals surface area contributed by atoms with Crippen molar-refractivity contribution < 1.29 is 13.9 Å². The van der Waals surface area contributed by atoms with Crippen molar-refractivity contribution in [3.05, 3.63) is 36.0 Å². The van der Waals surface area contributed by atoms with Crippen LogP contribution in [-0.2, 0) is 0 Å². The van der Waals surface area contributed by atoms with Crippen LogP contribution in [0.3, 0.4) is 0 Å². The van der Waals surface area contributed by atoms with E-state index >= 15 is 0 Å². The van der Waals surface area contributed by atoms with E-state index in [0.717, 1.165) is 0 Å². The Morgan fingerprint density at radius 2 is 2.28 bits per heavy atom. The number of nitrogens with two attached hydrogens (primary N) is 1. The zero-order valence-corrected chi connectivity index (χ0v) is 10.1. The largest absolute Gasteiger partial charge is 0.497 e. The highest BCUT2D eigenvalue weighted by Gasteiger charge is 2.15. The summed E-state index contributed by atoms with van der Waals surface area (Å²) in [5.74, 6) is 0.411. The van der Waals surface area contributed by atoms with Crippen LogP contribution in [0.15, 0.2) is 29.0 Å². The van der Waals surface area contributed by atoms with Crippen molar-refractivity contribution in [2.75, 3.05) is 18.2 Å². The SMILES string of the molecule is COc1ccc(NC(=O)c2ocnc2C)c(N)c1. The molecule has 0 aliphatic heterocycles. The number of oxazole rings is 1. The molecule has 0 bridgehead atoms. The number of anilines is 2. The van der Waals surface area contributed by atoms with Crippen LogP contribution in [0.2, 0.25) is 0 Å². The van der Waals surface area contributed by atoms with Gasteiger partial charge in [0.25, 0.3) is 5.91 Å². The van der Waals surface area contributed by atoms with Crippen molar-refractivity contribution in [2.45, 2.75) is 6.92 Å². The fourth-order valence-electron chi connectivity index (χ4n) is 1.48. The summed E-state index contributed by atoms with van der Waals surface area (Å²) in [7, 11) is 1.55. The minimum atomic E-state index is -0.387. The van der Waals surface area contributed by atoms with Gasteiger partial charge < -0.3 is 20.2 Å². The number of nitrogen functional groups attached to an aromatic ring is 1. The number of benzene rings is 1. The third-order valence-corrected chi connectivity index (χ3v) is 2.46. The number of aromatic nitrogens is 1. The number of nitrogens with one attached hydrogen (secondary N) is 1. The molecule has 0 atom stereocenters. The Kier molecular flexibility index (Phi) is 3.18. The molecule has 6 heteroatoms. The van der Waals surface area contributed by atoms with Crippen LogP contribution in [0.5, 0.6) is 5.75 Å². The molecule has 3 N–H and O–H groups in total. The second-order valence-corrected chi connectivity index (χ2v) is 3.67. The van der Waals surface area contributed by atoms with Crippen LogP contribution in [-0.4, -0.2) is 18.0 Å². The summed E-state index contributed by atoms with van der Waals surface area (Å²) in [6.45, 7) is 1.69. The van der Waals surface area contributed by atoms with E-state index in [0.29, 0.717) is 22.8 Å². The molecule has 0 aliphatic carbocycles. The Labute approximate surface area is 104 Å². The molecule has 0 saturated heterocycles. The molecule has 2 rings (SSSR count). The predicted octanol–water partition coefficient (Wildman–Crippen LogP) is 1.83. The van der Waals surface area contributed by atoms with Gasteiger partial charge in [-0.3, -0.25) is 4.79 Å². The molecule has 0 spiro atoms. The fourth-order valence-corrected chi connectivity index (χ4v) is 1.48. The highest BCUT2D eigenvalue weighted by Crippen LogP contribution is 2.24. The summed E-state index contributed by atoms with van der Waals surface area (Å²) in [5, 5.41) is 2.65. The number of hydrogen-bond acceptors (Lipinski definition) is 5. The Morgan fingerprint density at radius 3 is 2.83 bits per heavy atom. The normalized spacial score (nSPS) is 10.1. The molecule has 1 aromatic carbocycles. The maximum atomic E-state index is 11.9. The van der Waals surface area contributed by atoms with Crippen LogP contribution in [0.25, 0.3) is 0 Å². The number of hydrogen-bond donors (Lipinski definition) is 2. The Hall–Kier alpha value is -2.50. The number of nitrogens with zero attached hydrogens (tertiary/aromatic N) is 1. The summed E-state index contributed by atoms with van der Waals surface area (Å²) in [4.78, 5) is 15.7. The fraction of sp³-hybridized carbons (Fsp3) is 0.167. The molecule has 0 aliphatic rings. The van der Waals surface area contributed by atoms with Crippen molar-refractivity contribution in [1.82, 2.24) is 4.98 Å². The third-order valence-electron chi connectivity index (χ3n) is 2.46. The van der Waals surface area contributed by atoms with Gasteiger partial charge in [-0.2, -0.15) is 0 Å². The van der Waals surface area contributed by atoms with Crippen LogP contribution >= 0.6 is 0 Å². The van der Waals surface area contributed by atoms with Crippen LogP contribution < -0.4 is 15.8 Å². The van der Waals surface area contributed by atoms with E-state index in [1.807, 2.05) is 0 Å². The lowest BCUT2D eigenvalue weighted by Gasteiger charge is -2.08. The summed E-state index contributed by atoms with van der Waals surface area (Å²) in [5.41, 5.74) is 7.24. The number of amides is 1. The lowest BCUT2D eigenvalue weighted by atomic mass is 10.2. The van der Waals surface area contributed by atoms with Gasteiger partial charge in [0, 0.05) is 6.07 Å². The first-order valence-electron chi connectivity index (χ1n) is 5.26. The summed E-state index contributed by atoms with van der Waals surface area (Å²) < 4.78 is 10.0. The van der Waals surface area contributed by atoms with Crippen molar-refractivity contribution >= 4 is 17.3 Å². The molecule has 0 radical (unpaired) electrons. The van der Waals surface area contributed by atoms with E-state index in [-0.39, 0.29) is 11.7 Å². The van der Waals surface area contributed by atoms with E-state index < -0.39 is 0 Å². The third kappa shape index (κ3) is 2.27. The van der Waals surface area contributed by atoms with Gasteiger partial charge in [-0.1, -0.05) is 0 Å². The van der Waals surface area contributed by atoms with Crippen LogP contribution in [0.1, 0.15) is 16.2 Å². The van der Waals surface area contributed by atoms with Crippen molar-refractivity contribution in [3.8, 4) is 5.75 Å². The summed E-state index contributed by atoms with van der Waals surface area (Å²) in [6.07, 6.45) is 1.22. The zero-order chi connectivity index (χ0) is 13.1. The van der Waals surface area contributed by atoms with Crippen molar-refractivity contribution in [1.29, 1.82) is 0 Å². The van der Waals surface area contributed by atoms with E-state index in [1.165, 1.54) is 6.39 Å². The maximum absolute atomic E-state index is 11.9. The average molecular weight is 247 g/mol. The minimum Gasteiger partial charge on any atom is -0.497 e. The second kappa shape index (κ2) is 4.79. The molecular weight excluding hydrogens is 234 g/mol. The molecular formula is C12H13N3O3. The van der Waals surface area contributed by atoms with E-state index in [1.54, 1.807) is 32.2 Å².